The first-order valence-corrected chi connectivity index (χ1v) is 24.1. The van der Waals surface area contributed by atoms with Gasteiger partial charge >= 0.3 is 17.9 Å². The number of unbranched alkanes of at least 4 members (excludes halogenated alkanes) is 25. The lowest BCUT2D eigenvalue weighted by Gasteiger charge is -2.18. The highest BCUT2D eigenvalue weighted by molar-refractivity contribution is 5.71. The van der Waals surface area contributed by atoms with Crippen molar-refractivity contribution in [1.82, 2.24) is 0 Å². The van der Waals surface area contributed by atoms with Crippen molar-refractivity contribution < 1.29 is 28.6 Å². The van der Waals surface area contributed by atoms with Gasteiger partial charge in [0, 0.05) is 19.3 Å². The standard InChI is InChI=1S/C49H94O6/c1-43(2)35-29-23-17-11-8-7-9-13-20-26-32-38-47(50)53-41-46(55-49(52)40-34-28-22-16-15-19-25-31-37-45(5)6)42-54-48(51)39-33-27-21-14-10-12-18-24-30-36-44(3)4/h43-46H,7-42H2,1-6H3/t46-/m1/s1. The molecule has 0 N–H and O–H groups in total. The van der Waals surface area contributed by atoms with Crippen LogP contribution in [0, 0.1) is 17.8 Å². The summed E-state index contributed by atoms with van der Waals surface area (Å²) < 4.78 is 16.7. The predicted octanol–water partition coefficient (Wildman–Crippen LogP) is 15.2. The summed E-state index contributed by atoms with van der Waals surface area (Å²) in [5.74, 6) is 1.57. The van der Waals surface area contributed by atoms with Crippen LogP contribution in [0.25, 0.3) is 0 Å². The van der Waals surface area contributed by atoms with Crippen molar-refractivity contribution in [3.05, 3.63) is 0 Å². The molecule has 0 aliphatic rings. The second kappa shape index (κ2) is 40.6. The van der Waals surface area contributed by atoms with Gasteiger partial charge in [-0.1, -0.05) is 221 Å². The quantitative estimate of drug-likeness (QED) is 0.0349. The highest BCUT2D eigenvalue weighted by Gasteiger charge is 2.19. The van der Waals surface area contributed by atoms with Crippen LogP contribution in [-0.2, 0) is 28.6 Å². The predicted molar refractivity (Wildman–Crippen MR) is 233 cm³/mol. The Morgan fingerprint density at radius 3 is 0.782 bits per heavy atom. The summed E-state index contributed by atoms with van der Waals surface area (Å²) in [7, 11) is 0. The van der Waals surface area contributed by atoms with Crippen LogP contribution in [0.3, 0.4) is 0 Å². The Morgan fingerprint density at radius 1 is 0.309 bits per heavy atom. The third kappa shape index (κ3) is 43.4. The van der Waals surface area contributed by atoms with Gasteiger partial charge in [0.15, 0.2) is 6.10 Å². The van der Waals surface area contributed by atoms with E-state index in [-0.39, 0.29) is 31.1 Å². The zero-order valence-electron chi connectivity index (χ0n) is 37.7. The van der Waals surface area contributed by atoms with Gasteiger partial charge in [-0.05, 0) is 37.0 Å². The first-order valence-electron chi connectivity index (χ1n) is 24.1. The fraction of sp³-hybridized carbons (Fsp3) is 0.939. The minimum absolute atomic E-state index is 0.0659. The van der Waals surface area contributed by atoms with Gasteiger partial charge in [0.25, 0.3) is 0 Å². The first kappa shape index (κ1) is 53.4. The molecule has 0 saturated heterocycles. The van der Waals surface area contributed by atoms with Crippen molar-refractivity contribution in [2.45, 2.75) is 266 Å². The second-order valence-corrected chi connectivity index (χ2v) is 18.2. The molecule has 0 unspecified atom stereocenters. The molecule has 0 aromatic carbocycles. The molecule has 0 rings (SSSR count). The van der Waals surface area contributed by atoms with Crippen LogP contribution >= 0.6 is 0 Å². The monoisotopic (exact) mass is 779 g/mol. The molecule has 55 heavy (non-hydrogen) atoms. The normalized spacial score (nSPS) is 12.2. The van der Waals surface area contributed by atoms with E-state index in [2.05, 4.69) is 41.5 Å². The first-order chi connectivity index (χ1) is 26.6. The van der Waals surface area contributed by atoms with Gasteiger partial charge in [0.2, 0.25) is 0 Å². The molecule has 0 fully saturated rings. The molecule has 0 bridgehead atoms. The van der Waals surface area contributed by atoms with Crippen LogP contribution in [-0.4, -0.2) is 37.2 Å². The van der Waals surface area contributed by atoms with Crippen LogP contribution in [0.1, 0.15) is 260 Å². The summed E-state index contributed by atoms with van der Waals surface area (Å²) >= 11 is 0. The van der Waals surface area contributed by atoms with Crippen molar-refractivity contribution in [3.63, 3.8) is 0 Å². The molecule has 6 nitrogen and oxygen atoms in total. The van der Waals surface area contributed by atoms with E-state index >= 15 is 0 Å². The van der Waals surface area contributed by atoms with E-state index in [1.54, 1.807) is 0 Å². The van der Waals surface area contributed by atoms with Crippen LogP contribution in [0.5, 0.6) is 0 Å². The molecule has 1 atom stereocenters. The number of rotatable bonds is 42. The Hall–Kier alpha value is -1.59. The Bertz CT molecular complexity index is 852. The van der Waals surface area contributed by atoms with Gasteiger partial charge in [-0.2, -0.15) is 0 Å². The number of carbonyl (C=O) groups is 3. The fourth-order valence-electron chi connectivity index (χ4n) is 7.23. The number of carbonyl (C=O) groups excluding carboxylic acids is 3. The number of esters is 3. The average molecular weight is 779 g/mol. The van der Waals surface area contributed by atoms with Gasteiger partial charge < -0.3 is 14.2 Å². The Labute approximate surface area is 342 Å². The van der Waals surface area contributed by atoms with Gasteiger partial charge in [0.1, 0.15) is 13.2 Å². The highest BCUT2D eigenvalue weighted by atomic mass is 16.6. The van der Waals surface area contributed by atoms with Crippen LogP contribution in [0.15, 0.2) is 0 Å². The SMILES string of the molecule is CC(C)CCCCCCCCCCCCCC(=O)OC[C@H](COC(=O)CCCCCCCCCCCC(C)C)OC(=O)CCCCCCCCCCC(C)C. The summed E-state index contributed by atoms with van der Waals surface area (Å²) in [5.41, 5.74) is 0. The van der Waals surface area contributed by atoms with Gasteiger partial charge in [0.05, 0.1) is 0 Å². The number of hydrogen-bond donors (Lipinski definition) is 0. The van der Waals surface area contributed by atoms with E-state index in [1.165, 1.54) is 141 Å². The lowest BCUT2D eigenvalue weighted by atomic mass is 10.0. The van der Waals surface area contributed by atoms with E-state index in [1.807, 2.05) is 0 Å². The summed E-state index contributed by atoms with van der Waals surface area (Å²) in [4.78, 5) is 37.8. The molecule has 0 radical (unpaired) electrons. The van der Waals surface area contributed by atoms with Crippen molar-refractivity contribution in [2.75, 3.05) is 13.2 Å². The second-order valence-electron chi connectivity index (χ2n) is 18.2. The molecule has 326 valence electrons. The van der Waals surface area contributed by atoms with E-state index < -0.39 is 6.10 Å². The van der Waals surface area contributed by atoms with Crippen molar-refractivity contribution in [3.8, 4) is 0 Å². The zero-order chi connectivity index (χ0) is 40.6. The summed E-state index contributed by atoms with van der Waals surface area (Å²) in [6, 6.07) is 0. The fourth-order valence-corrected chi connectivity index (χ4v) is 7.23. The largest absolute Gasteiger partial charge is 0.462 e. The molecule has 0 aromatic heterocycles. The molecule has 0 aliphatic heterocycles. The van der Waals surface area contributed by atoms with Crippen molar-refractivity contribution in [2.24, 2.45) is 17.8 Å². The van der Waals surface area contributed by atoms with Crippen molar-refractivity contribution in [1.29, 1.82) is 0 Å². The number of ether oxygens (including phenoxy) is 3. The minimum Gasteiger partial charge on any atom is -0.462 e. The molecular formula is C49H94O6. The molecule has 0 spiro atoms. The van der Waals surface area contributed by atoms with Gasteiger partial charge in [-0.15, -0.1) is 0 Å². The molecular weight excluding hydrogens is 685 g/mol. The third-order valence-electron chi connectivity index (χ3n) is 10.9. The molecule has 6 heteroatoms. The van der Waals surface area contributed by atoms with E-state index in [0.29, 0.717) is 19.3 Å². The third-order valence-corrected chi connectivity index (χ3v) is 10.9. The maximum Gasteiger partial charge on any atom is 0.306 e. The highest BCUT2D eigenvalue weighted by Crippen LogP contribution is 2.17. The van der Waals surface area contributed by atoms with Crippen LogP contribution in [0.4, 0.5) is 0 Å². The smallest absolute Gasteiger partial charge is 0.306 e. The number of hydrogen-bond acceptors (Lipinski definition) is 6. The molecule has 0 amide bonds. The maximum absolute atomic E-state index is 12.7. The summed E-state index contributed by atoms with van der Waals surface area (Å²) in [6.07, 6.45) is 38.1. The lowest BCUT2D eigenvalue weighted by molar-refractivity contribution is -0.167. The van der Waals surface area contributed by atoms with E-state index in [9.17, 15) is 14.4 Å². The maximum atomic E-state index is 12.7. The zero-order valence-corrected chi connectivity index (χ0v) is 37.7. The van der Waals surface area contributed by atoms with Gasteiger partial charge in [-0.25, -0.2) is 0 Å². The Balaban J connectivity index is 4.33. The molecule has 0 saturated carbocycles. The Kier molecular flexibility index (Phi) is 39.4. The molecule has 0 aromatic rings. The van der Waals surface area contributed by atoms with E-state index in [4.69, 9.17) is 14.2 Å². The summed E-state index contributed by atoms with van der Waals surface area (Å²) in [6.45, 7) is 13.6. The Morgan fingerprint density at radius 2 is 0.527 bits per heavy atom. The summed E-state index contributed by atoms with van der Waals surface area (Å²) in [5, 5.41) is 0. The van der Waals surface area contributed by atoms with Crippen LogP contribution < -0.4 is 0 Å². The molecule has 0 aliphatic carbocycles. The topological polar surface area (TPSA) is 78.9 Å². The molecule has 0 heterocycles. The minimum atomic E-state index is -0.762. The van der Waals surface area contributed by atoms with Gasteiger partial charge in [-0.3, -0.25) is 14.4 Å². The van der Waals surface area contributed by atoms with Crippen LogP contribution in [0.2, 0.25) is 0 Å². The van der Waals surface area contributed by atoms with Crippen molar-refractivity contribution >= 4 is 17.9 Å². The average Bonchev–Trinajstić information content (AvgIpc) is 3.13. The van der Waals surface area contributed by atoms with E-state index in [0.717, 1.165) is 75.5 Å². The lowest BCUT2D eigenvalue weighted by Crippen LogP contribution is -2.30.